The quantitative estimate of drug-likeness (QED) is 0.451. The number of nitrogens with two attached hydrogens (primary N) is 2. The standard InChI is InChI=1S/C25H30N2O4/c26-16-3-1-15(2-4-16)25(9-19-13-30-19,10-20-14-31-20)23-5-6-24(27)22(8-18-12-29-18)21(23)7-17-11-28-17/h1-6,17-20H,7-14,26-27H2. The largest absolute Gasteiger partial charge is 0.399 e. The molecule has 0 bridgehead atoms. The Labute approximate surface area is 182 Å². The smallest absolute Gasteiger partial charge is 0.0851 e. The van der Waals surface area contributed by atoms with Crippen molar-refractivity contribution in [3.8, 4) is 0 Å². The summed E-state index contributed by atoms with van der Waals surface area (Å²) in [5.41, 5.74) is 19.2. The molecule has 31 heavy (non-hydrogen) atoms. The Morgan fingerprint density at radius 1 is 0.677 bits per heavy atom. The SMILES string of the molecule is Nc1ccc(C(CC2CO2)(CC2CO2)c2ccc(N)c(CC3CO3)c2CC2CO2)cc1. The molecule has 4 saturated heterocycles. The number of ether oxygens (including phenoxy) is 4. The molecule has 0 spiro atoms. The summed E-state index contributed by atoms with van der Waals surface area (Å²) < 4.78 is 22.8. The molecule has 0 saturated carbocycles. The van der Waals surface area contributed by atoms with E-state index in [1.54, 1.807) is 0 Å². The Bertz CT molecular complexity index is 946. The van der Waals surface area contributed by atoms with Gasteiger partial charge in [-0.05, 0) is 53.3 Å². The van der Waals surface area contributed by atoms with Crippen LogP contribution >= 0.6 is 0 Å². The van der Waals surface area contributed by atoms with Gasteiger partial charge in [-0.1, -0.05) is 18.2 Å². The molecule has 2 aromatic rings. The number of hydrogen-bond acceptors (Lipinski definition) is 6. The number of epoxide rings is 4. The fourth-order valence-electron chi connectivity index (χ4n) is 5.11. The van der Waals surface area contributed by atoms with Crippen LogP contribution in [0.25, 0.3) is 0 Å². The van der Waals surface area contributed by atoms with Gasteiger partial charge in [-0.2, -0.15) is 0 Å². The summed E-state index contributed by atoms with van der Waals surface area (Å²) in [4.78, 5) is 0. The Morgan fingerprint density at radius 3 is 1.71 bits per heavy atom. The second kappa shape index (κ2) is 7.48. The molecule has 4 atom stereocenters. The highest BCUT2D eigenvalue weighted by atomic mass is 16.6. The fourth-order valence-corrected chi connectivity index (χ4v) is 5.11. The maximum Gasteiger partial charge on any atom is 0.0851 e. The first-order valence-electron chi connectivity index (χ1n) is 11.3. The Morgan fingerprint density at radius 2 is 1.19 bits per heavy atom. The highest BCUT2D eigenvalue weighted by Gasteiger charge is 2.47. The van der Waals surface area contributed by atoms with Gasteiger partial charge in [0, 0.05) is 29.6 Å². The van der Waals surface area contributed by atoms with Gasteiger partial charge >= 0.3 is 0 Å². The average molecular weight is 423 g/mol. The van der Waals surface area contributed by atoms with Crippen LogP contribution in [-0.2, 0) is 37.2 Å². The van der Waals surface area contributed by atoms with Crippen LogP contribution in [0.15, 0.2) is 36.4 Å². The van der Waals surface area contributed by atoms with E-state index in [1.807, 2.05) is 12.1 Å². The van der Waals surface area contributed by atoms with Gasteiger partial charge in [0.05, 0.1) is 50.8 Å². The van der Waals surface area contributed by atoms with E-state index in [-0.39, 0.29) is 29.8 Å². The van der Waals surface area contributed by atoms with E-state index in [2.05, 4.69) is 24.3 Å². The fraction of sp³-hybridized carbons (Fsp3) is 0.520. The van der Waals surface area contributed by atoms with E-state index in [4.69, 9.17) is 30.4 Å². The molecule has 0 radical (unpaired) electrons. The summed E-state index contributed by atoms with van der Waals surface area (Å²) in [5.74, 6) is 0. The predicted molar refractivity (Wildman–Crippen MR) is 118 cm³/mol. The van der Waals surface area contributed by atoms with Gasteiger partial charge in [0.15, 0.2) is 0 Å². The van der Waals surface area contributed by atoms with Gasteiger partial charge in [0.1, 0.15) is 0 Å². The third-order valence-electron chi connectivity index (χ3n) is 7.07. The van der Waals surface area contributed by atoms with Crippen molar-refractivity contribution in [2.75, 3.05) is 37.9 Å². The van der Waals surface area contributed by atoms with Crippen molar-refractivity contribution in [1.82, 2.24) is 0 Å². The third-order valence-corrected chi connectivity index (χ3v) is 7.07. The van der Waals surface area contributed by atoms with Crippen LogP contribution in [0.2, 0.25) is 0 Å². The molecule has 164 valence electrons. The lowest BCUT2D eigenvalue weighted by atomic mass is 9.65. The Hall–Kier alpha value is -2.12. The van der Waals surface area contributed by atoms with Crippen LogP contribution in [0.4, 0.5) is 11.4 Å². The first-order chi connectivity index (χ1) is 15.1. The molecule has 4 heterocycles. The second-order valence-electron chi connectivity index (χ2n) is 9.50. The first kappa shape index (κ1) is 19.6. The molecule has 0 aromatic heterocycles. The van der Waals surface area contributed by atoms with Crippen molar-refractivity contribution in [3.05, 3.63) is 58.7 Å². The van der Waals surface area contributed by atoms with Crippen LogP contribution in [0.5, 0.6) is 0 Å². The molecular weight excluding hydrogens is 392 g/mol. The topological polar surface area (TPSA) is 102 Å². The minimum atomic E-state index is -0.215. The Kier molecular flexibility index (Phi) is 4.72. The zero-order chi connectivity index (χ0) is 21.0. The number of anilines is 2. The average Bonchev–Trinajstić information content (AvgIpc) is 3.60. The highest BCUT2D eigenvalue weighted by molar-refractivity contribution is 5.59. The summed E-state index contributed by atoms with van der Waals surface area (Å²) in [7, 11) is 0. The van der Waals surface area contributed by atoms with Crippen molar-refractivity contribution < 1.29 is 18.9 Å². The summed E-state index contributed by atoms with van der Waals surface area (Å²) in [6.07, 6.45) is 4.70. The first-order valence-corrected chi connectivity index (χ1v) is 11.3. The molecular formula is C25H30N2O4. The summed E-state index contributed by atoms with van der Waals surface area (Å²) in [6, 6.07) is 12.7. The number of benzene rings is 2. The van der Waals surface area contributed by atoms with Gasteiger partial charge in [-0.3, -0.25) is 0 Å². The molecule has 2 aromatic carbocycles. The number of rotatable bonds is 10. The van der Waals surface area contributed by atoms with E-state index in [1.165, 1.54) is 22.3 Å². The number of hydrogen-bond donors (Lipinski definition) is 2. The molecule has 6 heteroatoms. The second-order valence-corrected chi connectivity index (χ2v) is 9.50. The van der Waals surface area contributed by atoms with Crippen molar-refractivity contribution in [2.24, 2.45) is 0 Å². The van der Waals surface area contributed by atoms with Gasteiger partial charge in [-0.15, -0.1) is 0 Å². The van der Waals surface area contributed by atoms with Gasteiger partial charge in [0.2, 0.25) is 0 Å². The molecule has 0 aliphatic carbocycles. The van der Waals surface area contributed by atoms with Gasteiger partial charge < -0.3 is 30.4 Å². The van der Waals surface area contributed by atoms with E-state index < -0.39 is 0 Å². The maximum absolute atomic E-state index is 6.53. The summed E-state index contributed by atoms with van der Waals surface area (Å²) >= 11 is 0. The summed E-state index contributed by atoms with van der Waals surface area (Å²) in [6.45, 7) is 3.28. The maximum atomic E-state index is 6.53. The molecule has 4 unspecified atom stereocenters. The molecule has 6 rings (SSSR count). The lowest BCUT2D eigenvalue weighted by Crippen LogP contribution is -2.34. The van der Waals surface area contributed by atoms with Crippen LogP contribution in [0.3, 0.4) is 0 Å². The zero-order valence-corrected chi connectivity index (χ0v) is 17.7. The van der Waals surface area contributed by atoms with Crippen molar-refractivity contribution in [2.45, 2.75) is 55.5 Å². The van der Waals surface area contributed by atoms with Crippen molar-refractivity contribution in [3.63, 3.8) is 0 Å². The minimum Gasteiger partial charge on any atom is -0.399 e. The van der Waals surface area contributed by atoms with E-state index in [9.17, 15) is 0 Å². The van der Waals surface area contributed by atoms with E-state index in [0.717, 1.165) is 63.5 Å². The van der Waals surface area contributed by atoms with Crippen LogP contribution in [0.1, 0.15) is 35.1 Å². The monoisotopic (exact) mass is 422 g/mol. The normalized spacial score (nSPS) is 29.9. The Balaban J connectivity index is 1.52. The zero-order valence-electron chi connectivity index (χ0n) is 17.7. The van der Waals surface area contributed by atoms with Crippen molar-refractivity contribution >= 4 is 11.4 Å². The molecule has 6 nitrogen and oxygen atoms in total. The lowest BCUT2D eigenvalue weighted by Gasteiger charge is -2.37. The summed E-state index contributed by atoms with van der Waals surface area (Å²) in [5, 5.41) is 0. The molecule has 4 aliphatic heterocycles. The van der Waals surface area contributed by atoms with E-state index in [0.29, 0.717) is 0 Å². The molecule has 4 fully saturated rings. The predicted octanol–water partition coefficient (Wildman–Crippen LogP) is 2.60. The van der Waals surface area contributed by atoms with Crippen LogP contribution in [0, 0.1) is 0 Å². The molecule has 4 N–H and O–H groups in total. The van der Waals surface area contributed by atoms with E-state index >= 15 is 0 Å². The highest BCUT2D eigenvalue weighted by Crippen LogP contribution is 2.48. The van der Waals surface area contributed by atoms with Crippen LogP contribution < -0.4 is 11.5 Å². The number of nitrogen functional groups attached to an aromatic ring is 2. The minimum absolute atomic E-state index is 0.215. The van der Waals surface area contributed by atoms with Gasteiger partial charge in [0.25, 0.3) is 0 Å². The van der Waals surface area contributed by atoms with Gasteiger partial charge in [-0.25, -0.2) is 0 Å². The van der Waals surface area contributed by atoms with Crippen molar-refractivity contribution in [1.29, 1.82) is 0 Å². The molecule has 0 amide bonds. The van der Waals surface area contributed by atoms with Crippen LogP contribution in [-0.4, -0.2) is 50.8 Å². The third kappa shape index (κ3) is 4.17. The lowest BCUT2D eigenvalue weighted by molar-refractivity contribution is 0.298. The molecule has 4 aliphatic rings.